The molecular formula is C13H25NO3. The summed E-state index contributed by atoms with van der Waals surface area (Å²) in [6.45, 7) is 6.23. The molecule has 1 saturated heterocycles. The number of likely N-dealkylation sites (tertiary alicyclic amines) is 1. The highest BCUT2D eigenvalue weighted by Gasteiger charge is 2.26. The Labute approximate surface area is 104 Å². The summed E-state index contributed by atoms with van der Waals surface area (Å²) in [6.07, 6.45) is 4.32. The fourth-order valence-corrected chi connectivity index (χ4v) is 2.29. The Hall–Kier alpha value is -0.610. The van der Waals surface area contributed by atoms with Crippen LogP contribution in [0.2, 0.25) is 0 Å². The molecule has 4 heteroatoms. The number of hydrogen-bond acceptors (Lipinski definition) is 4. The molecule has 0 aromatic heterocycles. The minimum atomic E-state index is -0.0194. The van der Waals surface area contributed by atoms with E-state index < -0.39 is 0 Å². The van der Waals surface area contributed by atoms with Crippen LogP contribution >= 0.6 is 0 Å². The van der Waals surface area contributed by atoms with Gasteiger partial charge in [0.1, 0.15) is 0 Å². The molecule has 4 nitrogen and oxygen atoms in total. The van der Waals surface area contributed by atoms with Gasteiger partial charge in [0.25, 0.3) is 0 Å². The van der Waals surface area contributed by atoms with E-state index in [0.29, 0.717) is 6.61 Å². The Morgan fingerprint density at radius 2 is 2.24 bits per heavy atom. The van der Waals surface area contributed by atoms with Gasteiger partial charge in [-0.05, 0) is 45.7 Å². The minimum absolute atomic E-state index is 0.0194. The molecule has 0 N–H and O–H groups in total. The molecule has 100 valence electrons. The maximum atomic E-state index is 11.7. The summed E-state index contributed by atoms with van der Waals surface area (Å²) < 4.78 is 10.1. The zero-order valence-electron chi connectivity index (χ0n) is 11.1. The molecule has 0 saturated carbocycles. The van der Waals surface area contributed by atoms with Crippen LogP contribution in [0.4, 0.5) is 0 Å². The average molecular weight is 243 g/mol. The highest BCUT2D eigenvalue weighted by Crippen LogP contribution is 2.18. The molecule has 0 radical (unpaired) electrons. The van der Waals surface area contributed by atoms with E-state index in [-0.39, 0.29) is 11.9 Å². The largest absolute Gasteiger partial charge is 0.466 e. The molecule has 17 heavy (non-hydrogen) atoms. The highest BCUT2D eigenvalue weighted by molar-refractivity contribution is 5.72. The van der Waals surface area contributed by atoms with Gasteiger partial charge in [0, 0.05) is 20.3 Å². The summed E-state index contributed by atoms with van der Waals surface area (Å²) in [6, 6.07) is 0. The first-order valence-electron chi connectivity index (χ1n) is 6.65. The van der Waals surface area contributed by atoms with Gasteiger partial charge in [-0.25, -0.2) is 0 Å². The van der Waals surface area contributed by atoms with E-state index in [1.165, 1.54) is 0 Å². The van der Waals surface area contributed by atoms with E-state index in [4.69, 9.17) is 9.47 Å². The van der Waals surface area contributed by atoms with Gasteiger partial charge in [-0.15, -0.1) is 0 Å². The van der Waals surface area contributed by atoms with Crippen molar-refractivity contribution in [3.63, 3.8) is 0 Å². The monoisotopic (exact) mass is 243 g/mol. The summed E-state index contributed by atoms with van der Waals surface area (Å²) in [5.74, 6) is 0.0696. The Morgan fingerprint density at radius 3 is 2.94 bits per heavy atom. The smallest absolute Gasteiger partial charge is 0.310 e. The number of nitrogens with zero attached hydrogens (tertiary/aromatic N) is 1. The summed E-state index contributed by atoms with van der Waals surface area (Å²) in [4.78, 5) is 14.0. The first-order valence-corrected chi connectivity index (χ1v) is 6.65. The number of carbonyl (C=O) groups excluding carboxylic acids is 1. The summed E-state index contributed by atoms with van der Waals surface area (Å²) in [5.41, 5.74) is 0. The highest BCUT2D eigenvalue weighted by atomic mass is 16.5. The molecule has 0 aromatic carbocycles. The van der Waals surface area contributed by atoms with Crippen molar-refractivity contribution in [3.05, 3.63) is 0 Å². The van der Waals surface area contributed by atoms with Crippen LogP contribution in [0.5, 0.6) is 0 Å². The third-order valence-corrected chi connectivity index (χ3v) is 3.20. The van der Waals surface area contributed by atoms with E-state index >= 15 is 0 Å². The summed E-state index contributed by atoms with van der Waals surface area (Å²) in [5, 5.41) is 0. The lowest BCUT2D eigenvalue weighted by Crippen LogP contribution is -2.39. The molecule has 1 unspecified atom stereocenters. The third kappa shape index (κ3) is 5.50. The van der Waals surface area contributed by atoms with Gasteiger partial charge in [0.15, 0.2) is 0 Å². The van der Waals surface area contributed by atoms with Gasteiger partial charge in [-0.1, -0.05) is 0 Å². The number of hydrogen-bond donors (Lipinski definition) is 0. The molecule has 0 aromatic rings. The maximum Gasteiger partial charge on any atom is 0.310 e. The predicted octanol–water partition coefficient (Wildman–Crippen LogP) is 1.69. The van der Waals surface area contributed by atoms with Gasteiger partial charge < -0.3 is 14.4 Å². The van der Waals surface area contributed by atoms with E-state index in [1.54, 1.807) is 7.11 Å². The van der Waals surface area contributed by atoms with Crippen LogP contribution in [0.1, 0.15) is 32.6 Å². The van der Waals surface area contributed by atoms with Crippen molar-refractivity contribution in [2.45, 2.75) is 32.6 Å². The van der Waals surface area contributed by atoms with E-state index in [0.717, 1.165) is 51.9 Å². The SMILES string of the molecule is CCOC(=O)C1CCCN(CCCCOC)C1. The van der Waals surface area contributed by atoms with Crippen LogP contribution in [0, 0.1) is 5.92 Å². The van der Waals surface area contributed by atoms with Gasteiger partial charge >= 0.3 is 5.97 Å². The lowest BCUT2D eigenvalue weighted by Gasteiger charge is -2.31. The minimum Gasteiger partial charge on any atom is -0.466 e. The Morgan fingerprint density at radius 1 is 1.41 bits per heavy atom. The van der Waals surface area contributed by atoms with Crippen molar-refractivity contribution in [2.24, 2.45) is 5.92 Å². The number of carbonyl (C=O) groups is 1. The van der Waals surface area contributed by atoms with E-state index in [2.05, 4.69) is 4.90 Å². The summed E-state index contributed by atoms with van der Waals surface area (Å²) in [7, 11) is 1.73. The number of methoxy groups -OCH3 is 1. The predicted molar refractivity (Wildman–Crippen MR) is 66.9 cm³/mol. The quantitative estimate of drug-likeness (QED) is 0.504. The molecule has 0 aliphatic carbocycles. The summed E-state index contributed by atoms with van der Waals surface area (Å²) >= 11 is 0. The molecule has 0 spiro atoms. The van der Waals surface area contributed by atoms with E-state index in [1.807, 2.05) is 6.92 Å². The molecule has 0 amide bonds. The number of piperidine rings is 1. The number of rotatable bonds is 7. The third-order valence-electron chi connectivity index (χ3n) is 3.20. The second kappa shape index (κ2) is 8.48. The Kier molecular flexibility index (Phi) is 7.21. The fourth-order valence-electron chi connectivity index (χ4n) is 2.29. The first-order chi connectivity index (χ1) is 8.27. The molecule has 1 aliphatic rings. The van der Waals surface area contributed by atoms with Crippen LogP contribution in [-0.2, 0) is 14.3 Å². The second-order valence-electron chi connectivity index (χ2n) is 4.59. The van der Waals surface area contributed by atoms with Crippen molar-refractivity contribution >= 4 is 5.97 Å². The van der Waals surface area contributed by atoms with Gasteiger partial charge in [-0.3, -0.25) is 4.79 Å². The maximum absolute atomic E-state index is 11.7. The van der Waals surface area contributed by atoms with Crippen molar-refractivity contribution in [1.29, 1.82) is 0 Å². The fraction of sp³-hybridized carbons (Fsp3) is 0.923. The molecule has 1 rings (SSSR count). The number of unbranched alkanes of at least 4 members (excludes halogenated alkanes) is 1. The molecule has 1 heterocycles. The van der Waals surface area contributed by atoms with Gasteiger partial charge in [0.05, 0.1) is 12.5 Å². The lowest BCUT2D eigenvalue weighted by molar-refractivity contribution is -0.149. The van der Waals surface area contributed by atoms with Crippen molar-refractivity contribution < 1.29 is 14.3 Å². The molecule has 1 fully saturated rings. The zero-order chi connectivity index (χ0) is 12.5. The molecule has 1 aliphatic heterocycles. The Balaban J connectivity index is 2.21. The Bertz CT molecular complexity index is 221. The molecule has 1 atom stereocenters. The average Bonchev–Trinajstić information content (AvgIpc) is 2.35. The van der Waals surface area contributed by atoms with Gasteiger partial charge in [0.2, 0.25) is 0 Å². The van der Waals surface area contributed by atoms with Crippen molar-refractivity contribution in [2.75, 3.05) is 40.0 Å². The van der Waals surface area contributed by atoms with Crippen LogP contribution in [0.25, 0.3) is 0 Å². The van der Waals surface area contributed by atoms with Crippen molar-refractivity contribution in [3.8, 4) is 0 Å². The first kappa shape index (κ1) is 14.5. The number of ether oxygens (including phenoxy) is 2. The number of esters is 1. The standard InChI is InChI=1S/C13H25NO3/c1-3-17-13(15)12-7-6-9-14(11-12)8-4-5-10-16-2/h12H,3-11H2,1-2H3. The molecular weight excluding hydrogens is 218 g/mol. The topological polar surface area (TPSA) is 38.8 Å². The van der Waals surface area contributed by atoms with Crippen LogP contribution in [-0.4, -0.2) is 50.8 Å². The second-order valence-corrected chi connectivity index (χ2v) is 4.59. The normalized spacial score (nSPS) is 21.4. The zero-order valence-corrected chi connectivity index (χ0v) is 11.1. The van der Waals surface area contributed by atoms with Crippen LogP contribution in [0.3, 0.4) is 0 Å². The van der Waals surface area contributed by atoms with Crippen molar-refractivity contribution in [1.82, 2.24) is 4.90 Å². The lowest BCUT2D eigenvalue weighted by atomic mass is 9.98. The molecule has 0 bridgehead atoms. The van der Waals surface area contributed by atoms with Crippen LogP contribution in [0.15, 0.2) is 0 Å². The van der Waals surface area contributed by atoms with Gasteiger partial charge in [-0.2, -0.15) is 0 Å². The van der Waals surface area contributed by atoms with Crippen LogP contribution < -0.4 is 0 Å². The van der Waals surface area contributed by atoms with E-state index in [9.17, 15) is 4.79 Å².